The van der Waals surface area contributed by atoms with Crippen LogP contribution >= 0.6 is 22.6 Å². The fourth-order valence-corrected chi connectivity index (χ4v) is 1.61. The van der Waals surface area contributed by atoms with E-state index in [1.807, 2.05) is 30.4 Å². The summed E-state index contributed by atoms with van der Waals surface area (Å²) in [7, 11) is 0. The third kappa shape index (κ3) is 4.44. The molecule has 0 aliphatic heterocycles. The zero-order valence-corrected chi connectivity index (χ0v) is 10.4. The first kappa shape index (κ1) is 12.2. The van der Waals surface area contributed by atoms with E-state index in [4.69, 9.17) is 5.73 Å². The van der Waals surface area contributed by atoms with E-state index in [0.717, 1.165) is 3.57 Å². The van der Waals surface area contributed by atoms with E-state index in [1.54, 1.807) is 6.07 Å². The van der Waals surface area contributed by atoms with Gasteiger partial charge in [0, 0.05) is 22.2 Å². The highest BCUT2D eigenvalue weighted by atomic mass is 127. The molecular formula is C11H13IN2O. The minimum atomic E-state index is -0.0600. The molecule has 80 valence electrons. The second kappa shape index (κ2) is 6.58. The Labute approximate surface area is 103 Å². The van der Waals surface area contributed by atoms with Crippen molar-refractivity contribution in [3.05, 3.63) is 45.6 Å². The molecule has 3 nitrogen and oxygen atoms in total. The molecule has 15 heavy (non-hydrogen) atoms. The predicted molar refractivity (Wildman–Crippen MR) is 69.7 cm³/mol. The van der Waals surface area contributed by atoms with Gasteiger partial charge in [-0.15, -0.1) is 0 Å². The molecule has 1 aromatic rings. The van der Waals surface area contributed by atoms with Gasteiger partial charge in [-0.2, -0.15) is 0 Å². The lowest BCUT2D eigenvalue weighted by Gasteiger charge is -2.02. The molecule has 0 spiro atoms. The van der Waals surface area contributed by atoms with Crippen molar-refractivity contribution in [1.82, 2.24) is 5.32 Å². The van der Waals surface area contributed by atoms with Crippen LogP contribution in [0.3, 0.4) is 0 Å². The summed E-state index contributed by atoms with van der Waals surface area (Å²) in [6, 6.07) is 7.46. The summed E-state index contributed by atoms with van der Waals surface area (Å²) in [5.41, 5.74) is 5.96. The first-order valence-corrected chi connectivity index (χ1v) is 5.70. The molecule has 0 bridgehead atoms. The van der Waals surface area contributed by atoms with Crippen LogP contribution in [0.4, 0.5) is 0 Å². The maximum Gasteiger partial charge on any atom is 0.251 e. The molecule has 3 N–H and O–H groups in total. The molecule has 0 atom stereocenters. The standard InChI is InChI=1S/C11H13IN2O/c12-10-5-3-4-9(8-10)11(15)14-7-2-1-6-13/h1-5,8H,6-7,13H2,(H,14,15)/b2-1+. The van der Waals surface area contributed by atoms with Crippen molar-refractivity contribution in [3.8, 4) is 0 Å². The van der Waals surface area contributed by atoms with E-state index < -0.39 is 0 Å². The van der Waals surface area contributed by atoms with Gasteiger partial charge in [0.25, 0.3) is 5.91 Å². The summed E-state index contributed by atoms with van der Waals surface area (Å²) in [6.45, 7) is 1.01. The Morgan fingerprint density at radius 1 is 1.47 bits per heavy atom. The lowest BCUT2D eigenvalue weighted by molar-refractivity contribution is 0.0958. The second-order valence-electron chi connectivity index (χ2n) is 2.93. The molecule has 4 heteroatoms. The van der Waals surface area contributed by atoms with Crippen molar-refractivity contribution in [2.24, 2.45) is 5.73 Å². The Kier molecular flexibility index (Phi) is 5.34. The van der Waals surface area contributed by atoms with E-state index in [1.165, 1.54) is 0 Å². The highest BCUT2D eigenvalue weighted by molar-refractivity contribution is 14.1. The molecular weight excluding hydrogens is 303 g/mol. The molecule has 0 aromatic heterocycles. The molecule has 1 aromatic carbocycles. The maximum absolute atomic E-state index is 11.6. The minimum Gasteiger partial charge on any atom is -0.349 e. The molecule has 0 unspecified atom stereocenters. The molecule has 0 fully saturated rings. The molecule has 0 saturated carbocycles. The van der Waals surface area contributed by atoms with Gasteiger partial charge in [-0.3, -0.25) is 4.79 Å². The quantitative estimate of drug-likeness (QED) is 0.654. The van der Waals surface area contributed by atoms with Gasteiger partial charge in [0.15, 0.2) is 0 Å². The van der Waals surface area contributed by atoms with Crippen molar-refractivity contribution in [2.75, 3.05) is 13.1 Å². The van der Waals surface area contributed by atoms with Crippen molar-refractivity contribution >= 4 is 28.5 Å². The van der Waals surface area contributed by atoms with E-state index in [0.29, 0.717) is 18.7 Å². The number of halogens is 1. The molecule has 0 aliphatic carbocycles. The Balaban J connectivity index is 2.50. The monoisotopic (exact) mass is 316 g/mol. The Hall–Kier alpha value is -0.880. The van der Waals surface area contributed by atoms with Crippen LogP contribution in [-0.4, -0.2) is 19.0 Å². The number of nitrogens with two attached hydrogens (primary N) is 1. The van der Waals surface area contributed by atoms with Crippen molar-refractivity contribution in [3.63, 3.8) is 0 Å². The Morgan fingerprint density at radius 2 is 2.27 bits per heavy atom. The summed E-state index contributed by atoms with van der Waals surface area (Å²) in [5, 5.41) is 2.78. The van der Waals surface area contributed by atoms with Crippen molar-refractivity contribution < 1.29 is 4.79 Å². The van der Waals surface area contributed by atoms with Gasteiger partial charge in [-0.1, -0.05) is 18.2 Å². The average molecular weight is 316 g/mol. The second-order valence-corrected chi connectivity index (χ2v) is 4.17. The van der Waals surface area contributed by atoms with Crippen LogP contribution in [-0.2, 0) is 0 Å². The van der Waals surface area contributed by atoms with Crippen LogP contribution < -0.4 is 11.1 Å². The number of hydrogen-bond donors (Lipinski definition) is 2. The number of nitrogens with one attached hydrogen (secondary N) is 1. The lowest BCUT2D eigenvalue weighted by atomic mass is 10.2. The Morgan fingerprint density at radius 3 is 2.93 bits per heavy atom. The fourth-order valence-electron chi connectivity index (χ4n) is 1.06. The summed E-state index contributed by atoms with van der Waals surface area (Å²) >= 11 is 2.18. The summed E-state index contributed by atoms with van der Waals surface area (Å²) < 4.78 is 1.05. The molecule has 1 rings (SSSR count). The lowest BCUT2D eigenvalue weighted by Crippen LogP contribution is -2.23. The molecule has 0 saturated heterocycles. The number of benzene rings is 1. The van der Waals surface area contributed by atoms with E-state index in [2.05, 4.69) is 27.9 Å². The van der Waals surface area contributed by atoms with Crippen LogP contribution in [0.25, 0.3) is 0 Å². The van der Waals surface area contributed by atoms with Gasteiger partial charge in [-0.25, -0.2) is 0 Å². The number of amides is 1. The van der Waals surface area contributed by atoms with Gasteiger partial charge in [0.05, 0.1) is 0 Å². The van der Waals surface area contributed by atoms with Crippen molar-refractivity contribution in [1.29, 1.82) is 0 Å². The van der Waals surface area contributed by atoms with Crippen LogP contribution in [0.15, 0.2) is 36.4 Å². The van der Waals surface area contributed by atoms with E-state index >= 15 is 0 Å². The van der Waals surface area contributed by atoms with Crippen LogP contribution in [0.2, 0.25) is 0 Å². The summed E-state index contributed by atoms with van der Waals surface area (Å²) in [4.78, 5) is 11.6. The summed E-state index contributed by atoms with van der Waals surface area (Å²) in [6.07, 6.45) is 3.65. The normalized spacial score (nSPS) is 10.5. The number of hydrogen-bond acceptors (Lipinski definition) is 2. The number of rotatable bonds is 4. The minimum absolute atomic E-state index is 0.0600. The Bertz CT molecular complexity index is 363. The molecule has 0 radical (unpaired) electrons. The van der Waals surface area contributed by atoms with Gasteiger partial charge in [-0.05, 0) is 40.8 Å². The zero-order chi connectivity index (χ0) is 11.1. The third-order valence-corrected chi connectivity index (χ3v) is 2.44. The van der Waals surface area contributed by atoms with Crippen LogP contribution in [0, 0.1) is 3.57 Å². The third-order valence-electron chi connectivity index (χ3n) is 1.77. The fraction of sp³-hybridized carbons (Fsp3) is 0.182. The zero-order valence-electron chi connectivity index (χ0n) is 8.24. The highest BCUT2D eigenvalue weighted by Gasteiger charge is 2.02. The first-order chi connectivity index (χ1) is 7.24. The smallest absolute Gasteiger partial charge is 0.251 e. The number of carbonyl (C=O) groups is 1. The first-order valence-electron chi connectivity index (χ1n) is 4.63. The number of carbonyl (C=O) groups excluding carboxylic acids is 1. The van der Waals surface area contributed by atoms with E-state index in [-0.39, 0.29) is 5.91 Å². The van der Waals surface area contributed by atoms with E-state index in [9.17, 15) is 4.79 Å². The highest BCUT2D eigenvalue weighted by Crippen LogP contribution is 2.07. The topological polar surface area (TPSA) is 55.1 Å². The largest absolute Gasteiger partial charge is 0.349 e. The SMILES string of the molecule is NC/C=C/CNC(=O)c1cccc(I)c1. The molecule has 1 amide bonds. The molecule has 0 aliphatic rings. The van der Waals surface area contributed by atoms with Gasteiger partial charge in [0.1, 0.15) is 0 Å². The predicted octanol–water partition coefficient (Wildman–Crippen LogP) is 1.54. The average Bonchev–Trinajstić information content (AvgIpc) is 2.24. The van der Waals surface area contributed by atoms with Gasteiger partial charge in [0.2, 0.25) is 0 Å². The maximum atomic E-state index is 11.6. The van der Waals surface area contributed by atoms with Gasteiger partial charge >= 0.3 is 0 Å². The molecule has 0 heterocycles. The summed E-state index contributed by atoms with van der Waals surface area (Å²) in [5.74, 6) is -0.0600. The van der Waals surface area contributed by atoms with Crippen LogP contribution in [0.5, 0.6) is 0 Å². The van der Waals surface area contributed by atoms with Crippen molar-refractivity contribution in [2.45, 2.75) is 0 Å². The van der Waals surface area contributed by atoms with Crippen LogP contribution in [0.1, 0.15) is 10.4 Å². The van der Waals surface area contributed by atoms with Gasteiger partial charge < -0.3 is 11.1 Å².